The molecule has 0 bridgehead atoms. The van der Waals surface area contributed by atoms with E-state index in [0.717, 1.165) is 0 Å². The van der Waals surface area contributed by atoms with Gasteiger partial charge in [0.15, 0.2) is 0 Å². The first-order valence-electron chi connectivity index (χ1n) is 7.03. The van der Waals surface area contributed by atoms with E-state index in [0.29, 0.717) is 11.0 Å². The predicted molar refractivity (Wildman–Crippen MR) is 79.6 cm³/mol. The van der Waals surface area contributed by atoms with Gasteiger partial charge in [0.1, 0.15) is 19.8 Å². The van der Waals surface area contributed by atoms with E-state index in [2.05, 4.69) is 0 Å². The second kappa shape index (κ2) is 8.86. The number of likely N-dealkylation sites (N-methyl/N-ethyl adjacent to an activating group) is 1. The van der Waals surface area contributed by atoms with E-state index in [-0.39, 0.29) is 37.6 Å². The number of ether oxygens (including phenoxy) is 1. The van der Waals surface area contributed by atoms with Gasteiger partial charge in [-0.15, -0.1) is 0 Å². The molecule has 1 N–H and O–H groups in total. The third kappa shape index (κ3) is 10.8. The average Bonchev–Trinajstić information content (AvgIpc) is 2.31. The number of carbonyl (C=O) groups excluding carboxylic acids is 1. The van der Waals surface area contributed by atoms with Crippen molar-refractivity contribution in [3.8, 4) is 0 Å². The highest BCUT2D eigenvalue weighted by Gasteiger charge is 2.23. The first kappa shape index (κ1) is 20.5. The van der Waals surface area contributed by atoms with Crippen LogP contribution in [0.3, 0.4) is 0 Å². The number of hydrogen-bond donors (Lipinski definition) is 1. The molecule has 0 aliphatic heterocycles. The first-order valence-corrected chi connectivity index (χ1v) is 8.53. The molecule has 0 aromatic rings. The molecule has 0 aliphatic carbocycles. The smallest absolute Gasteiger partial charge is 0.463 e. The van der Waals surface area contributed by atoms with Crippen molar-refractivity contribution in [1.82, 2.24) is 0 Å². The lowest BCUT2D eigenvalue weighted by Gasteiger charge is -2.24. The fraction of sp³-hybridized carbons (Fsp3) is 0.923. The van der Waals surface area contributed by atoms with Crippen molar-refractivity contribution in [3.63, 3.8) is 0 Å². The molecule has 0 fully saturated rings. The zero-order chi connectivity index (χ0) is 16.7. The van der Waals surface area contributed by atoms with E-state index in [1.54, 1.807) is 6.92 Å². The summed E-state index contributed by atoms with van der Waals surface area (Å²) < 4.78 is 26.7. The molecule has 2 atom stereocenters. The van der Waals surface area contributed by atoms with Crippen molar-refractivity contribution in [3.05, 3.63) is 0 Å². The normalized spacial score (nSPS) is 16.6. The summed E-state index contributed by atoms with van der Waals surface area (Å²) in [5.74, 6) is -0.375. The van der Waals surface area contributed by atoms with Crippen LogP contribution in [0.15, 0.2) is 0 Å². The number of rotatable bonds is 10. The molecule has 0 amide bonds. The van der Waals surface area contributed by atoms with Crippen LogP contribution < -0.4 is 0 Å². The summed E-state index contributed by atoms with van der Waals surface area (Å²) in [6, 6.07) is 0. The van der Waals surface area contributed by atoms with Crippen LogP contribution >= 0.6 is 7.82 Å². The summed E-state index contributed by atoms with van der Waals surface area (Å²) in [5.41, 5.74) is 0. The zero-order valence-electron chi connectivity index (χ0n) is 13.9. The van der Waals surface area contributed by atoms with Crippen LogP contribution in [0.25, 0.3) is 0 Å². The van der Waals surface area contributed by atoms with Crippen molar-refractivity contribution < 1.29 is 32.5 Å². The Bertz CT molecular complexity index is 366. The van der Waals surface area contributed by atoms with Gasteiger partial charge in [-0.05, 0) is 5.92 Å². The molecule has 126 valence electrons. The highest BCUT2D eigenvalue weighted by molar-refractivity contribution is 7.47. The summed E-state index contributed by atoms with van der Waals surface area (Å²) in [6.07, 6.45) is 0. The lowest BCUT2D eigenvalue weighted by Crippen LogP contribution is -2.37. The second-order valence-electron chi connectivity index (χ2n) is 6.35. The molecule has 0 radical (unpaired) electrons. The van der Waals surface area contributed by atoms with Crippen LogP contribution in [0.2, 0.25) is 0 Å². The Hall–Kier alpha value is -0.460. The van der Waals surface area contributed by atoms with Crippen molar-refractivity contribution in [1.29, 1.82) is 0 Å². The lowest BCUT2D eigenvalue weighted by molar-refractivity contribution is -0.870. The second-order valence-corrected chi connectivity index (χ2v) is 7.80. The van der Waals surface area contributed by atoms with Crippen LogP contribution in [-0.4, -0.2) is 62.9 Å². The monoisotopic (exact) mass is 326 g/mol. The Balaban J connectivity index is 3.90. The van der Waals surface area contributed by atoms with Crippen LogP contribution in [0.4, 0.5) is 0 Å². The summed E-state index contributed by atoms with van der Waals surface area (Å²) in [6.45, 7) is 6.07. The van der Waals surface area contributed by atoms with Crippen LogP contribution in [0, 0.1) is 11.8 Å². The topological polar surface area (TPSA) is 82.1 Å². The third-order valence-corrected chi connectivity index (χ3v) is 3.99. The molecule has 0 spiro atoms. The molecular weight excluding hydrogens is 297 g/mol. The van der Waals surface area contributed by atoms with Gasteiger partial charge in [0.25, 0.3) is 0 Å². The number of hydrogen-bond acceptors (Lipinski definition) is 5. The fourth-order valence-electron chi connectivity index (χ4n) is 1.17. The SMILES string of the molecule is CC(C)C(C)C(=O)OCCOP(=O)(O)OCC[N+](C)(C)C. The molecule has 0 aromatic carbocycles. The Labute approximate surface area is 127 Å². The largest absolute Gasteiger partial charge is 0.472 e. The number of quaternary nitrogens is 1. The van der Waals surface area contributed by atoms with Crippen LogP contribution in [-0.2, 0) is 23.1 Å². The highest BCUT2D eigenvalue weighted by Crippen LogP contribution is 2.42. The Morgan fingerprint density at radius 1 is 1.10 bits per heavy atom. The molecule has 2 unspecified atom stereocenters. The van der Waals surface area contributed by atoms with Crippen LogP contribution in [0.1, 0.15) is 20.8 Å². The van der Waals surface area contributed by atoms with E-state index >= 15 is 0 Å². The Morgan fingerprint density at radius 3 is 2.10 bits per heavy atom. The lowest BCUT2D eigenvalue weighted by atomic mass is 9.99. The molecule has 0 saturated carbocycles. The molecule has 7 nitrogen and oxygen atoms in total. The van der Waals surface area contributed by atoms with Crippen molar-refractivity contribution >= 4 is 13.8 Å². The van der Waals surface area contributed by atoms with Gasteiger partial charge in [0, 0.05) is 0 Å². The number of phosphoric acid groups is 1. The van der Waals surface area contributed by atoms with Gasteiger partial charge in [0.05, 0.1) is 33.7 Å². The molecule has 0 aliphatic rings. The van der Waals surface area contributed by atoms with Gasteiger partial charge in [-0.3, -0.25) is 13.8 Å². The number of esters is 1. The minimum Gasteiger partial charge on any atom is -0.463 e. The van der Waals surface area contributed by atoms with Gasteiger partial charge in [-0.2, -0.15) is 0 Å². The molecule has 0 saturated heterocycles. The molecule has 0 aromatic heterocycles. The van der Waals surface area contributed by atoms with Crippen molar-refractivity contribution in [2.24, 2.45) is 11.8 Å². The minimum absolute atomic E-state index is 0.0703. The van der Waals surface area contributed by atoms with Crippen molar-refractivity contribution in [2.45, 2.75) is 20.8 Å². The molecule has 0 rings (SSSR count). The highest BCUT2D eigenvalue weighted by atomic mass is 31.2. The van der Waals surface area contributed by atoms with E-state index < -0.39 is 7.82 Å². The molecule has 21 heavy (non-hydrogen) atoms. The van der Waals surface area contributed by atoms with E-state index in [1.807, 2.05) is 35.0 Å². The number of phosphoric ester groups is 1. The van der Waals surface area contributed by atoms with Gasteiger partial charge in [0.2, 0.25) is 0 Å². The average molecular weight is 326 g/mol. The number of carbonyl (C=O) groups is 1. The summed E-state index contributed by atoms with van der Waals surface area (Å²) >= 11 is 0. The molecular formula is C13H29NO6P+. The van der Waals surface area contributed by atoms with Crippen LogP contribution in [0.5, 0.6) is 0 Å². The zero-order valence-corrected chi connectivity index (χ0v) is 14.8. The maximum atomic E-state index is 11.6. The predicted octanol–water partition coefficient (Wildman–Crippen LogP) is 1.66. The van der Waals surface area contributed by atoms with E-state index in [1.165, 1.54) is 0 Å². The van der Waals surface area contributed by atoms with Crippen molar-refractivity contribution in [2.75, 3.05) is 47.5 Å². The van der Waals surface area contributed by atoms with Gasteiger partial charge >= 0.3 is 13.8 Å². The van der Waals surface area contributed by atoms with E-state index in [9.17, 15) is 14.3 Å². The molecule has 0 heterocycles. The Morgan fingerprint density at radius 2 is 1.62 bits per heavy atom. The Kier molecular flexibility index (Phi) is 8.66. The maximum absolute atomic E-state index is 11.6. The fourth-order valence-corrected chi connectivity index (χ4v) is 1.86. The summed E-state index contributed by atoms with van der Waals surface area (Å²) in [5, 5.41) is 0. The summed E-state index contributed by atoms with van der Waals surface area (Å²) in [7, 11) is 1.76. The number of nitrogens with zero attached hydrogens (tertiary/aromatic N) is 1. The quantitative estimate of drug-likeness (QED) is 0.285. The maximum Gasteiger partial charge on any atom is 0.472 e. The standard InChI is InChI=1S/C13H28NO6P/c1-11(2)12(3)13(15)18-9-10-20-21(16,17)19-8-7-14(4,5)6/h11-12H,7-10H2,1-6H3/p+1. The van der Waals surface area contributed by atoms with Gasteiger partial charge < -0.3 is 14.1 Å². The van der Waals surface area contributed by atoms with E-state index in [4.69, 9.17) is 13.8 Å². The first-order chi connectivity index (χ1) is 9.44. The summed E-state index contributed by atoms with van der Waals surface area (Å²) in [4.78, 5) is 21.0. The third-order valence-electron chi connectivity index (χ3n) is 2.97. The van der Waals surface area contributed by atoms with Gasteiger partial charge in [-0.1, -0.05) is 20.8 Å². The van der Waals surface area contributed by atoms with Gasteiger partial charge in [-0.25, -0.2) is 4.57 Å². The minimum atomic E-state index is -4.08. The molecule has 8 heteroatoms.